The van der Waals surface area contributed by atoms with Crippen LogP contribution in [0.4, 0.5) is 13.2 Å². The molecule has 2 atom stereocenters. The van der Waals surface area contributed by atoms with Crippen molar-refractivity contribution in [2.75, 3.05) is 13.2 Å². The minimum absolute atomic E-state index is 0.142. The van der Waals surface area contributed by atoms with E-state index in [1.54, 1.807) is 6.92 Å². The van der Waals surface area contributed by atoms with E-state index in [0.717, 1.165) is 18.5 Å². The Hall–Kier alpha value is -1.14. The number of alkyl halides is 3. The minimum Gasteiger partial charge on any atom is -0.385 e. The maximum Gasteiger partial charge on any atom is 0.416 e. The van der Waals surface area contributed by atoms with E-state index >= 15 is 0 Å². The van der Waals surface area contributed by atoms with E-state index in [4.69, 9.17) is 4.74 Å². The van der Waals surface area contributed by atoms with Gasteiger partial charge < -0.3 is 9.84 Å². The van der Waals surface area contributed by atoms with Gasteiger partial charge in [-0.2, -0.15) is 13.2 Å². The van der Waals surface area contributed by atoms with Crippen LogP contribution in [0.1, 0.15) is 24.5 Å². The molecule has 1 saturated heterocycles. The fourth-order valence-corrected chi connectivity index (χ4v) is 2.26. The highest BCUT2D eigenvalue weighted by Crippen LogP contribution is 2.42. The molecule has 0 amide bonds. The normalized spacial score (nSPS) is 29.3. The van der Waals surface area contributed by atoms with Gasteiger partial charge in [-0.05, 0) is 6.07 Å². The molecular weight excluding hydrogens is 247 g/mol. The Kier molecular flexibility index (Phi) is 3.33. The Balaban J connectivity index is 2.50. The summed E-state index contributed by atoms with van der Waals surface area (Å²) in [7, 11) is 0. The van der Waals surface area contributed by atoms with Crippen LogP contribution in [0.2, 0.25) is 0 Å². The Bertz CT molecular complexity index is 436. The summed E-state index contributed by atoms with van der Waals surface area (Å²) < 4.78 is 44.0. The third-order valence-electron chi connectivity index (χ3n) is 3.40. The zero-order chi connectivity index (χ0) is 13.4. The van der Waals surface area contributed by atoms with Gasteiger partial charge >= 0.3 is 6.18 Å². The Morgan fingerprint density at radius 2 is 2.22 bits per heavy atom. The number of ether oxygens (including phenoxy) is 1. The zero-order valence-corrected chi connectivity index (χ0v) is 9.87. The third-order valence-corrected chi connectivity index (χ3v) is 3.40. The number of pyridine rings is 1. The molecule has 18 heavy (non-hydrogen) atoms. The summed E-state index contributed by atoms with van der Waals surface area (Å²) in [5, 5.41) is 10.5. The molecule has 1 aromatic rings. The van der Waals surface area contributed by atoms with Crippen molar-refractivity contribution in [3.8, 4) is 0 Å². The number of rotatable bonds is 1. The van der Waals surface area contributed by atoms with E-state index in [1.807, 2.05) is 0 Å². The molecule has 100 valence electrons. The van der Waals surface area contributed by atoms with Crippen LogP contribution in [-0.4, -0.2) is 23.3 Å². The van der Waals surface area contributed by atoms with Gasteiger partial charge in [-0.15, -0.1) is 0 Å². The lowest BCUT2D eigenvalue weighted by atomic mass is 9.77. The van der Waals surface area contributed by atoms with Crippen LogP contribution in [0, 0.1) is 5.92 Å². The molecule has 6 heteroatoms. The summed E-state index contributed by atoms with van der Waals surface area (Å²) in [5.41, 5.74) is -2.51. The van der Waals surface area contributed by atoms with E-state index in [0.29, 0.717) is 0 Å². The Morgan fingerprint density at radius 1 is 1.50 bits per heavy atom. The van der Waals surface area contributed by atoms with Gasteiger partial charge in [0.25, 0.3) is 0 Å². The van der Waals surface area contributed by atoms with Gasteiger partial charge in [0, 0.05) is 36.9 Å². The van der Waals surface area contributed by atoms with Crippen molar-refractivity contribution < 1.29 is 23.0 Å². The highest BCUT2D eigenvalue weighted by atomic mass is 19.4. The van der Waals surface area contributed by atoms with E-state index < -0.39 is 23.3 Å². The van der Waals surface area contributed by atoms with Gasteiger partial charge in [0.15, 0.2) is 0 Å². The lowest BCUT2D eigenvalue weighted by molar-refractivity contribution is -0.148. The minimum atomic E-state index is -4.49. The lowest BCUT2D eigenvalue weighted by Crippen LogP contribution is -2.42. The van der Waals surface area contributed by atoms with Gasteiger partial charge in [0.05, 0.1) is 17.8 Å². The second kappa shape index (κ2) is 4.51. The molecule has 2 rings (SSSR count). The quantitative estimate of drug-likeness (QED) is 0.843. The standard InChI is InChI=1S/C12H14F3NO2/c1-8-7-18-5-3-11(8,17)10-6-16-4-2-9(10)12(13,14)15/h2,4,6,8,17H,3,5,7H2,1H3. The van der Waals surface area contributed by atoms with Crippen molar-refractivity contribution >= 4 is 0 Å². The van der Waals surface area contributed by atoms with Gasteiger partial charge in [-0.1, -0.05) is 6.92 Å². The average molecular weight is 261 g/mol. The molecule has 1 fully saturated rings. The summed E-state index contributed by atoms with van der Waals surface area (Å²) in [4.78, 5) is 3.71. The van der Waals surface area contributed by atoms with Crippen molar-refractivity contribution in [2.45, 2.75) is 25.1 Å². The monoisotopic (exact) mass is 261 g/mol. The van der Waals surface area contributed by atoms with Crippen molar-refractivity contribution in [1.82, 2.24) is 4.98 Å². The van der Waals surface area contributed by atoms with Crippen LogP contribution >= 0.6 is 0 Å². The largest absolute Gasteiger partial charge is 0.416 e. The first-order valence-corrected chi connectivity index (χ1v) is 5.67. The van der Waals surface area contributed by atoms with Gasteiger partial charge in [-0.25, -0.2) is 0 Å². The van der Waals surface area contributed by atoms with Crippen LogP contribution in [0.3, 0.4) is 0 Å². The maximum absolute atomic E-state index is 12.9. The summed E-state index contributed by atoms with van der Waals surface area (Å²) in [6.07, 6.45) is -2.17. The Morgan fingerprint density at radius 3 is 2.83 bits per heavy atom. The predicted octanol–water partition coefficient (Wildman–Crippen LogP) is 2.34. The van der Waals surface area contributed by atoms with Gasteiger partial charge in [-0.3, -0.25) is 4.98 Å². The number of hydrogen-bond acceptors (Lipinski definition) is 3. The zero-order valence-electron chi connectivity index (χ0n) is 9.87. The summed E-state index contributed by atoms with van der Waals surface area (Å²) in [6.45, 7) is 2.15. The number of aliphatic hydroxyl groups is 1. The molecule has 3 nitrogen and oxygen atoms in total. The van der Waals surface area contributed by atoms with Crippen LogP contribution in [-0.2, 0) is 16.5 Å². The van der Waals surface area contributed by atoms with Gasteiger partial charge in [0.1, 0.15) is 0 Å². The molecule has 0 aliphatic carbocycles. The molecular formula is C12H14F3NO2. The Labute approximate surface area is 103 Å². The van der Waals surface area contributed by atoms with Crippen LogP contribution in [0.15, 0.2) is 18.5 Å². The first kappa shape index (κ1) is 13.3. The van der Waals surface area contributed by atoms with E-state index in [9.17, 15) is 18.3 Å². The van der Waals surface area contributed by atoms with Gasteiger partial charge in [0.2, 0.25) is 0 Å². The number of halogens is 3. The molecule has 1 aromatic heterocycles. The predicted molar refractivity (Wildman–Crippen MR) is 57.7 cm³/mol. The van der Waals surface area contributed by atoms with E-state index in [2.05, 4.69) is 4.98 Å². The van der Waals surface area contributed by atoms with Crippen molar-refractivity contribution in [2.24, 2.45) is 5.92 Å². The molecule has 1 N–H and O–H groups in total. The first-order valence-electron chi connectivity index (χ1n) is 5.67. The van der Waals surface area contributed by atoms with Crippen LogP contribution in [0.5, 0.6) is 0 Å². The van der Waals surface area contributed by atoms with E-state index in [1.165, 1.54) is 0 Å². The molecule has 2 heterocycles. The molecule has 0 spiro atoms. The smallest absolute Gasteiger partial charge is 0.385 e. The number of nitrogens with zero attached hydrogens (tertiary/aromatic N) is 1. The lowest BCUT2D eigenvalue weighted by Gasteiger charge is -2.39. The topological polar surface area (TPSA) is 42.4 Å². The summed E-state index contributed by atoms with van der Waals surface area (Å²) >= 11 is 0. The first-order chi connectivity index (χ1) is 8.36. The fraction of sp³-hybridized carbons (Fsp3) is 0.583. The number of aromatic nitrogens is 1. The second-order valence-corrected chi connectivity index (χ2v) is 4.57. The van der Waals surface area contributed by atoms with Crippen molar-refractivity contribution in [3.05, 3.63) is 29.6 Å². The average Bonchev–Trinajstić information content (AvgIpc) is 2.32. The SMILES string of the molecule is CC1COCCC1(O)c1cnccc1C(F)(F)F. The van der Waals surface area contributed by atoms with Crippen molar-refractivity contribution in [1.29, 1.82) is 0 Å². The molecule has 1 aliphatic heterocycles. The molecule has 0 saturated carbocycles. The molecule has 1 aliphatic rings. The highest BCUT2D eigenvalue weighted by Gasteiger charge is 2.45. The second-order valence-electron chi connectivity index (χ2n) is 4.57. The number of hydrogen-bond donors (Lipinski definition) is 1. The molecule has 0 bridgehead atoms. The summed E-state index contributed by atoms with van der Waals surface area (Å²) in [6, 6.07) is 0.898. The van der Waals surface area contributed by atoms with Crippen molar-refractivity contribution in [3.63, 3.8) is 0 Å². The maximum atomic E-state index is 12.9. The summed E-state index contributed by atoms with van der Waals surface area (Å²) in [5.74, 6) is -0.406. The molecule has 0 aromatic carbocycles. The molecule has 2 unspecified atom stereocenters. The van der Waals surface area contributed by atoms with Crippen LogP contribution in [0.25, 0.3) is 0 Å². The third kappa shape index (κ3) is 2.22. The van der Waals surface area contributed by atoms with E-state index in [-0.39, 0.29) is 25.2 Å². The highest BCUT2D eigenvalue weighted by molar-refractivity contribution is 5.32. The fourth-order valence-electron chi connectivity index (χ4n) is 2.26. The molecule has 0 radical (unpaired) electrons. The van der Waals surface area contributed by atoms with Crippen LogP contribution < -0.4 is 0 Å².